The van der Waals surface area contributed by atoms with Crippen LogP contribution in [0, 0.1) is 0 Å². The number of piperazine rings is 1. The number of carbonyl (C=O) groups excluding carboxylic acids is 1. The number of pyridine rings is 2. The Labute approximate surface area is 164 Å². The Morgan fingerprint density at radius 1 is 1.07 bits per heavy atom. The van der Waals surface area contributed by atoms with Crippen LogP contribution in [0.15, 0.2) is 55.0 Å². The molecule has 3 aromatic heterocycles. The number of aromatic nitrogens is 4. The predicted octanol–water partition coefficient (Wildman–Crippen LogP) is 1.76. The summed E-state index contributed by atoms with van der Waals surface area (Å²) in [6, 6.07) is 11.7. The van der Waals surface area contributed by atoms with Crippen molar-refractivity contribution >= 4 is 5.91 Å². The Morgan fingerprint density at radius 3 is 2.64 bits per heavy atom. The molecule has 0 spiro atoms. The van der Waals surface area contributed by atoms with Crippen LogP contribution in [0.4, 0.5) is 0 Å². The Balaban J connectivity index is 1.32. The minimum Gasteiger partial charge on any atom is -0.340 e. The van der Waals surface area contributed by atoms with Crippen LogP contribution in [0.2, 0.25) is 0 Å². The molecule has 4 heterocycles. The van der Waals surface area contributed by atoms with E-state index in [0.717, 1.165) is 55.4 Å². The molecule has 7 nitrogen and oxygen atoms in total. The molecule has 0 bridgehead atoms. The van der Waals surface area contributed by atoms with Crippen molar-refractivity contribution in [2.24, 2.45) is 7.05 Å². The highest BCUT2D eigenvalue weighted by Gasteiger charge is 2.22. The van der Waals surface area contributed by atoms with Gasteiger partial charge in [0.15, 0.2) is 0 Å². The molecule has 144 valence electrons. The minimum atomic E-state index is 0.151. The largest absolute Gasteiger partial charge is 0.340 e. The third kappa shape index (κ3) is 4.26. The van der Waals surface area contributed by atoms with Gasteiger partial charge in [0.05, 0.1) is 17.8 Å². The van der Waals surface area contributed by atoms with Crippen LogP contribution in [0.5, 0.6) is 0 Å². The standard InChI is InChI=1S/C21H24N6O/c1-25-19(14-20(24-25)17-5-4-7-22-15-17)16-26-9-11-27(12-10-26)21(28)13-18-6-2-3-8-23-18/h2-8,14-15H,9-13,16H2,1H3. The molecule has 7 heteroatoms. The van der Waals surface area contributed by atoms with Crippen LogP contribution in [0.25, 0.3) is 11.3 Å². The van der Waals surface area contributed by atoms with E-state index in [-0.39, 0.29) is 5.91 Å². The molecule has 0 unspecified atom stereocenters. The van der Waals surface area contributed by atoms with E-state index in [0.29, 0.717) is 6.42 Å². The van der Waals surface area contributed by atoms with E-state index in [1.807, 2.05) is 53.2 Å². The van der Waals surface area contributed by atoms with Crippen LogP contribution in [0.1, 0.15) is 11.4 Å². The normalized spacial score (nSPS) is 15.0. The van der Waals surface area contributed by atoms with E-state index >= 15 is 0 Å². The maximum absolute atomic E-state index is 12.5. The van der Waals surface area contributed by atoms with Crippen molar-refractivity contribution in [2.45, 2.75) is 13.0 Å². The quantitative estimate of drug-likeness (QED) is 0.679. The van der Waals surface area contributed by atoms with Crippen LogP contribution < -0.4 is 0 Å². The first-order valence-electron chi connectivity index (χ1n) is 9.52. The summed E-state index contributed by atoms with van der Waals surface area (Å²) in [7, 11) is 1.97. The summed E-state index contributed by atoms with van der Waals surface area (Å²) >= 11 is 0. The molecule has 0 atom stereocenters. The minimum absolute atomic E-state index is 0.151. The molecular weight excluding hydrogens is 352 g/mol. The van der Waals surface area contributed by atoms with Crippen molar-refractivity contribution in [1.82, 2.24) is 29.5 Å². The van der Waals surface area contributed by atoms with Crippen LogP contribution in [-0.2, 0) is 24.8 Å². The molecule has 0 saturated carbocycles. The van der Waals surface area contributed by atoms with Gasteiger partial charge in [-0.1, -0.05) is 6.07 Å². The molecule has 0 aromatic carbocycles. The van der Waals surface area contributed by atoms with E-state index in [1.165, 1.54) is 0 Å². The highest BCUT2D eigenvalue weighted by Crippen LogP contribution is 2.19. The lowest BCUT2D eigenvalue weighted by Crippen LogP contribution is -2.48. The van der Waals surface area contributed by atoms with E-state index in [1.54, 1.807) is 12.4 Å². The zero-order valence-electron chi connectivity index (χ0n) is 16.0. The van der Waals surface area contributed by atoms with Crippen molar-refractivity contribution in [3.8, 4) is 11.3 Å². The lowest BCUT2D eigenvalue weighted by atomic mass is 10.2. The van der Waals surface area contributed by atoms with Gasteiger partial charge in [0.2, 0.25) is 5.91 Å². The van der Waals surface area contributed by atoms with Gasteiger partial charge >= 0.3 is 0 Å². The lowest BCUT2D eigenvalue weighted by Gasteiger charge is -2.34. The molecular formula is C21H24N6O. The molecule has 1 amide bonds. The molecule has 1 aliphatic heterocycles. The summed E-state index contributed by atoms with van der Waals surface area (Å²) in [5.74, 6) is 0.151. The summed E-state index contributed by atoms with van der Waals surface area (Å²) in [4.78, 5) is 25.2. The third-order valence-electron chi connectivity index (χ3n) is 5.10. The lowest BCUT2D eigenvalue weighted by molar-refractivity contribution is -0.132. The molecule has 1 saturated heterocycles. The van der Waals surface area contributed by atoms with Gasteiger partial charge in [-0.2, -0.15) is 5.10 Å². The van der Waals surface area contributed by atoms with Gasteiger partial charge in [-0.25, -0.2) is 0 Å². The van der Waals surface area contributed by atoms with Gasteiger partial charge in [0, 0.05) is 69.6 Å². The molecule has 28 heavy (non-hydrogen) atoms. The average Bonchev–Trinajstić information content (AvgIpc) is 3.10. The van der Waals surface area contributed by atoms with Crippen molar-refractivity contribution in [3.05, 3.63) is 66.4 Å². The van der Waals surface area contributed by atoms with E-state index in [9.17, 15) is 4.79 Å². The molecule has 1 fully saturated rings. The zero-order chi connectivity index (χ0) is 19.3. The second kappa shape index (κ2) is 8.31. The smallest absolute Gasteiger partial charge is 0.228 e. The van der Waals surface area contributed by atoms with Crippen molar-refractivity contribution in [2.75, 3.05) is 26.2 Å². The molecule has 1 aliphatic rings. The van der Waals surface area contributed by atoms with E-state index in [2.05, 4.69) is 26.0 Å². The Bertz CT molecular complexity index is 917. The SMILES string of the molecule is Cn1nc(-c2cccnc2)cc1CN1CCN(C(=O)Cc2ccccn2)CC1. The first kappa shape index (κ1) is 18.3. The summed E-state index contributed by atoms with van der Waals surface area (Å²) in [6.07, 6.45) is 5.70. The Hall–Kier alpha value is -3.06. The monoisotopic (exact) mass is 376 g/mol. The van der Waals surface area contributed by atoms with Gasteiger partial charge in [-0.3, -0.25) is 24.3 Å². The first-order chi connectivity index (χ1) is 13.7. The van der Waals surface area contributed by atoms with Crippen molar-refractivity contribution < 1.29 is 4.79 Å². The number of nitrogens with zero attached hydrogens (tertiary/aromatic N) is 6. The first-order valence-corrected chi connectivity index (χ1v) is 9.52. The van der Waals surface area contributed by atoms with Crippen LogP contribution in [0.3, 0.4) is 0 Å². The fraction of sp³-hybridized carbons (Fsp3) is 0.333. The van der Waals surface area contributed by atoms with Crippen LogP contribution in [-0.4, -0.2) is 61.6 Å². The topological polar surface area (TPSA) is 67.2 Å². The van der Waals surface area contributed by atoms with Gasteiger partial charge in [-0.15, -0.1) is 0 Å². The molecule has 4 rings (SSSR count). The zero-order valence-corrected chi connectivity index (χ0v) is 16.0. The average molecular weight is 376 g/mol. The summed E-state index contributed by atoms with van der Waals surface area (Å²) < 4.78 is 1.93. The second-order valence-electron chi connectivity index (χ2n) is 7.04. The van der Waals surface area contributed by atoms with E-state index in [4.69, 9.17) is 0 Å². The van der Waals surface area contributed by atoms with Crippen LogP contribution >= 0.6 is 0 Å². The number of aryl methyl sites for hydroxylation is 1. The predicted molar refractivity (Wildman–Crippen MR) is 106 cm³/mol. The number of rotatable bonds is 5. The van der Waals surface area contributed by atoms with Gasteiger partial charge < -0.3 is 4.90 Å². The van der Waals surface area contributed by atoms with Gasteiger partial charge in [0.25, 0.3) is 0 Å². The Kier molecular flexibility index (Phi) is 5.43. The maximum Gasteiger partial charge on any atom is 0.228 e. The molecule has 3 aromatic rings. The van der Waals surface area contributed by atoms with Gasteiger partial charge in [0.1, 0.15) is 0 Å². The number of hydrogen-bond donors (Lipinski definition) is 0. The maximum atomic E-state index is 12.5. The molecule has 0 aliphatic carbocycles. The number of hydrogen-bond acceptors (Lipinski definition) is 5. The highest BCUT2D eigenvalue weighted by atomic mass is 16.2. The fourth-order valence-electron chi connectivity index (χ4n) is 3.46. The van der Waals surface area contributed by atoms with Crippen molar-refractivity contribution in [3.63, 3.8) is 0 Å². The fourth-order valence-corrected chi connectivity index (χ4v) is 3.46. The number of carbonyl (C=O) groups is 1. The molecule has 0 N–H and O–H groups in total. The second-order valence-corrected chi connectivity index (χ2v) is 7.04. The number of amides is 1. The van der Waals surface area contributed by atoms with E-state index < -0.39 is 0 Å². The van der Waals surface area contributed by atoms with Crippen molar-refractivity contribution in [1.29, 1.82) is 0 Å². The third-order valence-corrected chi connectivity index (χ3v) is 5.10. The summed E-state index contributed by atoms with van der Waals surface area (Å²) in [6.45, 7) is 4.05. The Morgan fingerprint density at radius 2 is 1.93 bits per heavy atom. The van der Waals surface area contributed by atoms with Gasteiger partial charge in [-0.05, 0) is 30.3 Å². The highest BCUT2D eigenvalue weighted by molar-refractivity contribution is 5.78. The summed E-state index contributed by atoms with van der Waals surface area (Å²) in [5.41, 5.74) is 3.95. The molecule has 0 radical (unpaired) electrons. The summed E-state index contributed by atoms with van der Waals surface area (Å²) in [5, 5.41) is 4.61.